The number of carboxylic acid groups (broad SMARTS) is 1. The molecule has 0 bridgehead atoms. The van der Waals surface area contributed by atoms with E-state index in [1.807, 2.05) is 6.92 Å². The molecule has 0 saturated heterocycles. The molecule has 1 unspecified atom stereocenters. The highest BCUT2D eigenvalue weighted by Crippen LogP contribution is 2.00. The van der Waals surface area contributed by atoms with Crippen molar-refractivity contribution in [2.24, 2.45) is 5.73 Å². The number of hydrogen-bond donors (Lipinski definition) is 3. The zero-order valence-corrected chi connectivity index (χ0v) is 8.47. The third-order valence-electron chi connectivity index (χ3n) is 1.61. The van der Waals surface area contributed by atoms with Crippen LogP contribution in [0.25, 0.3) is 0 Å². The van der Waals surface area contributed by atoms with Crippen molar-refractivity contribution in [3.8, 4) is 0 Å². The Kier molecular flexibility index (Phi) is 4.94. The van der Waals surface area contributed by atoms with Gasteiger partial charge in [-0.05, 0) is 12.8 Å². The summed E-state index contributed by atoms with van der Waals surface area (Å²) in [5.41, 5.74) is 5.21. The van der Waals surface area contributed by atoms with Crippen LogP contribution in [0.3, 0.4) is 0 Å². The Labute approximate surface area is 78.3 Å². The fourth-order valence-electron chi connectivity index (χ4n) is 0.873. The van der Waals surface area contributed by atoms with Gasteiger partial charge < -0.3 is 10.8 Å². The van der Waals surface area contributed by atoms with Crippen molar-refractivity contribution in [3.63, 3.8) is 0 Å². The Morgan fingerprint density at radius 2 is 2.15 bits per heavy atom. The SMILES string of the molecule is CCCS(=N)(=O)CC[C@H](N)C(=O)O. The van der Waals surface area contributed by atoms with Gasteiger partial charge in [-0.3, -0.25) is 9.57 Å². The minimum Gasteiger partial charge on any atom is -0.480 e. The van der Waals surface area contributed by atoms with Crippen molar-refractivity contribution in [2.75, 3.05) is 11.5 Å². The van der Waals surface area contributed by atoms with Gasteiger partial charge in [0, 0.05) is 21.2 Å². The van der Waals surface area contributed by atoms with Gasteiger partial charge in [-0.25, -0.2) is 4.21 Å². The Morgan fingerprint density at radius 1 is 1.62 bits per heavy atom. The molecule has 6 heteroatoms. The molecule has 0 spiro atoms. The normalized spacial score (nSPS) is 17.7. The second-order valence-electron chi connectivity index (χ2n) is 2.95. The molecule has 0 fully saturated rings. The van der Waals surface area contributed by atoms with Crippen LogP contribution in [-0.2, 0) is 14.5 Å². The van der Waals surface area contributed by atoms with Crippen molar-refractivity contribution in [1.29, 1.82) is 4.78 Å². The van der Waals surface area contributed by atoms with Gasteiger partial charge in [-0.2, -0.15) is 0 Å². The van der Waals surface area contributed by atoms with Crippen LogP contribution in [0.15, 0.2) is 0 Å². The van der Waals surface area contributed by atoms with Crippen molar-refractivity contribution in [1.82, 2.24) is 0 Å². The van der Waals surface area contributed by atoms with E-state index in [0.29, 0.717) is 12.2 Å². The molecule has 2 atom stereocenters. The number of carbonyl (C=O) groups is 1. The highest BCUT2D eigenvalue weighted by molar-refractivity contribution is 7.92. The first-order chi connectivity index (χ1) is 5.89. The summed E-state index contributed by atoms with van der Waals surface area (Å²) in [7, 11) is -2.60. The van der Waals surface area contributed by atoms with Crippen LogP contribution >= 0.6 is 0 Å². The standard InChI is InChI=1S/C7H16N2O3S/c1-2-4-13(9,12)5-3-6(8)7(10)11/h6,9H,2-5,8H2,1H3,(H,10,11)/t6-,13?/m0/s1. The van der Waals surface area contributed by atoms with Gasteiger partial charge in [0.1, 0.15) is 6.04 Å². The fourth-order valence-corrected chi connectivity index (χ4v) is 2.37. The molecule has 0 saturated carbocycles. The van der Waals surface area contributed by atoms with Crippen LogP contribution in [-0.4, -0.2) is 32.8 Å². The molecule has 0 aliphatic carbocycles. The van der Waals surface area contributed by atoms with E-state index in [4.69, 9.17) is 15.6 Å². The highest BCUT2D eigenvalue weighted by Gasteiger charge is 2.14. The summed E-state index contributed by atoms with van der Waals surface area (Å²) < 4.78 is 18.7. The molecule has 0 amide bonds. The average Bonchev–Trinajstić information content (AvgIpc) is 2.00. The molecular formula is C7H16N2O3S. The lowest BCUT2D eigenvalue weighted by molar-refractivity contribution is -0.138. The van der Waals surface area contributed by atoms with Gasteiger partial charge >= 0.3 is 5.97 Å². The van der Waals surface area contributed by atoms with E-state index in [9.17, 15) is 9.00 Å². The molecule has 0 aliphatic heterocycles. The summed E-state index contributed by atoms with van der Waals surface area (Å²) >= 11 is 0. The topological polar surface area (TPSA) is 104 Å². The molecule has 0 aromatic rings. The van der Waals surface area contributed by atoms with Crippen molar-refractivity contribution >= 4 is 15.7 Å². The summed E-state index contributed by atoms with van der Waals surface area (Å²) in [6, 6.07) is -0.997. The van der Waals surface area contributed by atoms with Crippen LogP contribution in [0, 0.1) is 4.78 Å². The molecule has 13 heavy (non-hydrogen) atoms. The predicted octanol–water partition coefficient (Wildman–Crippen LogP) is 0.245. The van der Waals surface area contributed by atoms with E-state index < -0.39 is 21.7 Å². The summed E-state index contributed by atoms with van der Waals surface area (Å²) in [6.07, 6.45) is 0.780. The van der Waals surface area contributed by atoms with E-state index in [1.54, 1.807) is 0 Å². The number of rotatable bonds is 6. The molecule has 4 N–H and O–H groups in total. The smallest absolute Gasteiger partial charge is 0.320 e. The summed E-state index contributed by atoms with van der Waals surface area (Å²) in [4.78, 5) is 10.3. The minimum atomic E-state index is -2.60. The zero-order chi connectivity index (χ0) is 10.5. The molecule has 5 nitrogen and oxygen atoms in total. The third-order valence-corrected chi connectivity index (χ3v) is 3.57. The maximum Gasteiger partial charge on any atom is 0.320 e. The minimum absolute atomic E-state index is 0.0777. The molecule has 0 aromatic carbocycles. The second-order valence-corrected chi connectivity index (χ2v) is 5.39. The maximum atomic E-state index is 11.3. The highest BCUT2D eigenvalue weighted by atomic mass is 32.2. The molecule has 0 aromatic heterocycles. The van der Waals surface area contributed by atoms with E-state index in [2.05, 4.69) is 0 Å². The van der Waals surface area contributed by atoms with Gasteiger partial charge in [-0.15, -0.1) is 0 Å². The fraction of sp³-hybridized carbons (Fsp3) is 0.857. The number of aliphatic carboxylic acids is 1. The van der Waals surface area contributed by atoms with Crippen LogP contribution in [0.1, 0.15) is 19.8 Å². The molecular weight excluding hydrogens is 192 g/mol. The van der Waals surface area contributed by atoms with Crippen LogP contribution in [0.5, 0.6) is 0 Å². The van der Waals surface area contributed by atoms with Crippen molar-refractivity contribution in [2.45, 2.75) is 25.8 Å². The predicted molar refractivity (Wildman–Crippen MR) is 51.1 cm³/mol. The van der Waals surface area contributed by atoms with Gasteiger partial charge in [0.15, 0.2) is 0 Å². The van der Waals surface area contributed by atoms with Gasteiger partial charge in [0.2, 0.25) is 0 Å². The van der Waals surface area contributed by atoms with E-state index in [-0.39, 0.29) is 12.2 Å². The molecule has 0 heterocycles. The number of carboxylic acids is 1. The molecule has 0 radical (unpaired) electrons. The lowest BCUT2D eigenvalue weighted by Crippen LogP contribution is -2.32. The lowest BCUT2D eigenvalue weighted by atomic mass is 10.2. The second kappa shape index (κ2) is 5.18. The maximum absolute atomic E-state index is 11.3. The van der Waals surface area contributed by atoms with E-state index in [0.717, 1.165) is 0 Å². The summed E-state index contributed by atoms with van der Waals surface area (Å²) in [5.74, 6) is -0.708. The van der Waals surface area contributed by atoms with Crippen molar-refractivity contribution < 1.29 is 14.1 Å². The first-order valence-electron chi connectivity index (χ1n) is 4.11. The van der Waals surface area contributed by atoms with Gasteiger partial charge in [0.05, 0.1) is 0 Å². The van der Waals surface area contributed by atoms with Gasteiger partial charge in [-0.1, -0.05) is 6.92 Å². The monoisotopic (exact) mass is 208 g/mol. The Balaban J connectivity index is 3.95. The number of nitrogens with two attached hydrogens (primary N) is 1. The van der Waals surface area contributed by atoms with Crippen LogP contribution < -0.4 is 5.73 Å². The Bertz CT molecular complexity index is 261. The summed E-state index contributed by atoms with van der Waals surface area (Å²) in [5, 5.41) is 8.43. The average molecular weight is 208 g/mol. The number of hydrogen-bond acceptors (Lipinski definition) is 4. The van der Waals surface area contributed by atoms with Crippen LogP contribution in [0.2, 0.25) is 0 Å². The quantitative estimate of drug-likeness (QED) is 0.581. The van der Waals surface area contributed by atoms with Gasteiger partial charge in [0.25, 0.3) is 0 Å². The lowest BCUT2D eigenvalue weighted by Gasteiger charge is -2.08. The Morgan fingerprint density at radius 3 is 2.54 bits per heavy atom. The number of nitrogens with one attached hydrogen (secondary N) is 1. The Hall–Kier alpha value is -0.620. The zero-order valence-electron chi connectivity index (χ0n) is 7.66. The molecule has 0 aliphatic rings. The summed E-state index contributed by atoms with van der Waals surface area (Å²) in [6.45, 7) is 1.84. The van der Waals surface area contributed by atoms with E-state index >= 15 is 0 Å². The first kappa shape index (κ1) is 12.4. The molecule has 78 valence electrons. The molecule has 0 rings (SSSR count). The largest absolute Gasteiger partial charge is 0.480 e. The van der Waals surface area contributed by atoms with Crippen LogP contribution in [0.4, 0.5) is 0 Å². The first-order valence-corrected chi connectivity index (χ1v) is 6.01. The third kappa shape index (κ3) is 5.59. The van der Waals surface area contributed by atoms with Crippen molar-refractivity contribution in [3.05, 3.63) is 0 Å². The van der Waals surface area contributed by atoms with E-state index in [1.165, 1.54) is 0 Å².